The summed E-state index contributed by atoms with van der Waals surface area (Å²) in [5.74, 6) is 18.1. The molecule has 0 radical (unpaired) electrons. The first-order chi connectivity index (χ1) is 11.5. The zero-order chi connectivity index (χ0) is 18.5. The van der Waals surface area contributed by atoms with Crippen molar-refractivity contribution >= 4 is 22.7 Å². The van der Waals surface area contributed by atoms with Crippen LogP contribution in [-0.2, 0) is 0 Å². The van der Waals surface area contributed by atoms with E-state index in [-0.39, 0.29) is 11.4 Å². The van der Waals surface area contributed by atoms with E-state index in [9.17, 15) is 20.2 Å². The summed E-state index contributed by atoms with van der Waals surface area (Å²) >= 11 is 0. The minimum absolute atomic E-state index is 0.0283. The van der Waals surface area contributed by atoms with Gasteiger partial charge in [0.1, 0.15) is 5.69 Å². The van der Waals surface area contributed by atoms with Crippen molar-refractivity contribution in [2.75, 3.05) is 10.9 Å². The summed E-state index contributed by atoms with van der Waals surface area (Å²) in [7, 11) is 0. The van der Waals surface area contributed by atoms with Crippen LogP contribution in [0.2, 0.25) is 0 Å². The topological polar surface area (TPSA) is 214 Å². The van der Waals surface area contributed by atoms with Crippen molar-refractivity contribution in [3.8, 4) is 0 Å². The average molecular weight is 338 g/mol. The fraction of sp³-hybridized carbons (Fsp3) is 0. The molecule has 0 spiro atoms. The number of para-hydroxylation sites is 1. The van der Waals surface area contributed by atoms with Gasteiger partial charge >= 0.3 is 5.69 Å². The van der Waals surface area contributed by atoms with E-state index < -0.39 is 15.5 Å². The van der Waals surface area contributed by atoms with Crippen LogP contribution < -0.4 is 34.2 Å². The molecule has 0 amide bonds. The molecule has 0 aliphatic rings. The quantitative estimate of drug-likeness (QED) is 0.259. The molecule has 130 valence electrons. The number of nitrogens with one attached hydrogen (secondary N) is 2. The molecule has 0 aromatic heterocycles. The van der Waals surface area contributed by atoms with E-state index in [0.29, 0.717) is 0 Å². The molecule has 0 unspecified atom stereocenters. The fourth-order valence-corrected chi connectivity index (χ4v) is 1.44. The average Bonchev–Trinajstić information content (AvgIpc) is 2.63. The van der Waals surface area contributed by atoms with E-state index in [1.165, 1.54) is 6.07 Å². The van der Waals surface area contributed by atoms with Crippen molar-refractivity contribution in [3.63, 3.8) is 0 Å². The van der Waals surface area contributed by atoms with Gasteiger partial charge in [0, 0.05) is 11.8 Å². The summed E-state index contributed by atoms with van der Waals surface area (Å²) in [4.78, 5) is 19.3. The van der Waals surface area contributed by atoms with E-state index in [1.807, 2.05) is 30.3 Å². The molecule has 0 fully saturated rings. The van der Waals surface area contributed by atoms with Gasteiger partial charge in [0.15, 0.2) is 0 Å². The van der Waals surface area contributed by atoms with E-state index in [0.717, 1.165) is 17.8 Å². The van der Waals surface area contributed by atoms with Gasteiger partial charge in [-0.1, -0.05) is 18.2 Å². The van der Waals surface area contributed by atoms with E-state index in [1.54, 1.807) is 0 Å². The van der Waals surface area contributed by atoms with Crippen molar-refractivity contribution in [2.24, 2.45) is 23.4 Å². The monoisotopic (exact) mass is 338 g/mol. The third-order valence-corrected chi connectivity index (χ3v) is 2.48. The lowest BCUT2D eigenvalue weighted by Gasteiger charge is -2.00. The first kappa shape index (κ1) is 20.7. The first-order valence-corrected chi connectivity index (χ1v) is 6.24. The number of benzene rings is 2. The number of non-ortho nitro benzene ring substituents is 1. The van der Waals surface area contributed by atoms with Crippen LogP contribution in [0.15, 0.2) is 48.5 Å². The van der Waals surface area contributed by atoms with Crippen LogP contribution in [0.1, 0.15) is 0 Å². The number of anilines is 2. The molecule has 2 aromatic rings. The zero-order valence-electron chi connectivity index (χ0n) is 12.5. The van der Waals surface area contributed by atoms with Crippen LogP contribution in [0.25, 0.3) is 0 Å². The minimum atomic E-state index is -0.748. The molecule has 2 aromatic carbocycles. The van der Waals surface area contributed by atoms with Gasteiger partial charge in [-0.25, -0.2) is 0 Å². The number of nitrogen functional groups attached to an aromatic ring is 2. The molecule has 12 heteroatoms. The number of nitro groups is 2. The normalized spacial score (nSPS) is 8.67. The maximum absolute atomic E-state index is 10.4. The summed E-state index contributed by atoms with van der Waals surface area (Å²) in [6.07, 6.45) is 0. The zero-order valence-corrected chi connectivity index (χ0v) is 12.5. The van der Waals surface area contributed by atoms with Gasteiger partial charge in [-0.15, -0.1) is 0 Å². The van der Waals surface area contributed by atoms with Crippen LogP contribution in [-0.4, -0.2) is 9.85 Å². The lowest BCUT2D eigenvalue weighted by molar-refractivity contribution is -0.393. The third kappa shape index (κ3) is 6.63. The second-order valence-electron chi connectivity index (χ2n) is 3.87. The predicted octanol–water partition coefficient (Wildman–Crippen LogP) is 0.580. The second kappa shape index (κ2) is 11.3. The minimum Gasteiger partial charge on any atom is -0.324 e. The summed E-state index contributed by atoms with van der Waals surface area (Å²) in [6.45, 7) is 0. The molecular formula is C12H18N8O4. The van der Waals surface area contributed by atoms with Crippen LogP contribution in [0, 0.1) is 20.2 Å². The number of hydrazine groups is 3. The SMILES string of the molecule is NN.NNc1ccc([N+](=O)[O-])cc1[N+](=O)[O-].NNc1ccccc1. The highest BCUT2D eigenvalue weighted by Gasteiger charge is 2.18. The Bertz CT molecular complexity index is 653. The van der Waals surface area contributed by atoms with E-state index >= 15 is 0 Å². The largest absolute Gasteiger partial charge is 0.324 e. The molecular weight excluding hydrogens is 320 g/mol. The number of rotatable bonds is 4. The van der Waals surface area contributed by atoms with Gasteiger partial charge in [-0.3, -0.25) is 43.6 Å². The highest BCUT2D eigenvalue weighted by atomic mass is 16.6. The Morgan fingerprint density at radius 1 is 0.833 bits per heavy atom. The van der Waals surface area contributed by atoms with Crippen LogP contribution >= 0.6 is 0 Å². The van der Waals surface area contributed by atoms with Gasteiger partial charge in [0.2, 0.25) is 0 Å². The maximum atomic E-state index is 10.4. The van der Waals surface area contributed by atoms with Crippen molar-refractivity contribution in [1.82, 2.24) is 0 Å². The standard InChI is InChI=1S/C6H6N4O4.C6H8N2.H4N2/c7-8-5-2-1-4(9(11)12)3-6(5)10(13)14;7-8-6-4-2-1-3-5-6;1-2/h1-3,8H,7H2;1-5,8H,7H2;1-2H2. The van der Waals surface area contributed by atoms with Crippen molar-refractivity contribution in [3.05, 3.63) is 68.8 Å². The number of nitrogens with two attached hydrogens (primary N) is 4. The van der Waals surface area contributed by atoms with Gasteiger partial charge in [-0.2, -0.15) is 0 Å². The van der Waals surface area contributed by atoms with Crippen LogP contribution in [0.4, 0.5) is 22.7 Å². The smallest absolute Gasteiger partial charge is 0.300 e. The van der Waals surface area contributed by atoms with Crippen LogP contribution in [0.5, 0.6) is 0 Å². The summed E-state index contributed by atoms with van der Waals surface area (Å²) in [5, 5.41) is 20.7. The lowest BCUT2D eigenvalue weighted by atomic mass is 10.2. The molecule has 2 rings (SSSR count). The predicted molar refractivity (Wildman–Crippen MR) is 90.2 cm³/mol. The Kier molecular flexibility index (Phi) is 9.71. The Hall–Kier alpha value is -3.32. The first-order valence-electron chi connectivity index (χ1n) is 6.24. The second-order valence-corrected chi connectivity index (χ2v) is 3.87. The molecule has 0 atom stereocenters. The number of nitro benzene ring substituents is 2. The Balaban J connectivity index is 0.000000447. The van der Waals surface area contributed by atoms with Crippen molar-refractivity contribution in [2.45, 2.75) is 0 Å². The molecule has 24 heavy (non-hydrogen) atoms. The number of hydrogen-bond acceptors (Lipinski definition) is 10. The van der Waals surface area contributed by atoms with E-state index in [4.69, 9.17) is 11.7 Å². The molecule has 0 saturated heterocycles. The van der Waals surface area contributed by atoms with Gasteiger partial charge in [0.05, 0.1) is 15.9 Å². The highest BCUT2D eigenvalue weighted by molar-refractivity contribution is 5.64. The Morgan fingerprint density at radius 2 is 1.42 bits per heavy atom. The van der Waals surface area contributed by atoms with Crippen molar-refractivity contribution in [1.29, 1.82) is 0 Å². The lowest BCUT2D eigenvalue weighted by Crippen LogP contribution is -2.09. The number of hydrogen-bond donors (Lipinski definition) is 6. The Morgan fingerprint density at radius 3 is 1.79 bits per heavy atom. The maximum Gasteiger partial charge on any atom is 0.300 e. The Labute approximate surface area is 136 Å². The summed E-state index contributed by atoms with van der Waals surface area (Å²) < 4.78 is 0. The summed E-state index contributed by atoms with van der Waals surface area (Å²) in [6, 6.07) is 12.7. The van der Waals surface area contributed by atoms with Gasteiger partial charge in [0.25, 0.3) is 5.69 Å². The van der Waals surface area contributed by atoms with Gasteiger partial charge in [-0.05, 0) is 18.2 Å². The van der Waals surface area contributed by atoms with Gasteiger partial charge < -0.3 is 10.9 Å². The summed E-state index contributed by atoms with van der Waals surface area (Å²) in [5.41, 5.74) is 4.79. The third-order valence-electron chi connectivity index (χ3n) is 2.48. The molecule has 0 heterocycles. The number of nitrogens with zero attached hydrogens (tertiary/aromatic N) is 2. The molecule has 10 N–H and O–H groups in total. The molecule has 0 aliphatic heterocycles. The molecule has 0 bridgehead atoms. The fourth-order valence-electron chi connectivity index (χ4n) is 1.44. The molecule has 12 nitrogen and oxygen atoms in total. The van der Waals surface area contributed by atoms with Crippen LogP contribution in [0.3, 0.4) is 0 Å². The molecule has 0 aliphatic carbocycles. The van der Waals surface area contributed by atoms with Crippen molar-refractivity contribution < 1.29 is 9.85 Å². The molecule has 0 saturated carbocycles. The van der Waals surface area contributed by atoms with E-state index in [2.05, 4.69) is 22.5 Å². The highest BCUT2D eigenvalue weighted by Crippen LogP contribution is 2.27.